The van der Waals surface area contributed by atoms with E-state index in [0.717, 1.165) is 65.2 Å². The van der Waals surface area contributed by atoms with Crippen LogP contribution in [0.3, 0.4) is 0 Å². The van der Waals surface area contributed by atoms with Crippen molar-refractivity contribution >= 4 is 87.2 Å². The summed E-state index contributed by atoms with van der Waals surface area (Å²) >= 11 is 0. The molecule has 0 aliphatic carbocycles. The maximum Gasteiger partial charge on any atom is 0.265 e. The van der Waals surface area contributed by atoms with Gasteiger partial charge in [-0.25, -0.2) is 9.97 Å². The lowest BCUT2D eigenvalue weighted by molar-refractivity contribution is 1.19. The van der Waals surface area contributed by atoms with Crippen molar-refractivity contribution in [2.45, 2.75) is 0 Å². The molecule has 0 saturated heterocycles. The topological polar surface area (TPSA) is 68.7 Å². The minimum atomic E-state index is -0.133. The average molecular weight is 513 g/mol. The van der Waals surface area contributed by atoms with E-state index in [2.05, 4.69) is 12.1 Å². The summed E-state index contributed by atoms with van der Waals surface area (Å²) in [6.45, 7) is 0. The van der Waals surface area contributed by atoms with Gasteiger partial charge in [0.2, 0.25) is 0 Å². The molecule has 0 atom stereocenters. The van der Waals surface area contributed by atoms with Crippen molar-refractivity contribution in [3.8, 4) is 0 Å². The van der Waals surface area contributed by atoms with Crippen molar-refractivity contribution in [1.29, 1.82) is 0 Å². The normalized spacial score (nSPS) is 12.7. The molecule has 0 radical (unpaired) electrons. The van der Waals surface area contributed by atoms with Crippen LogP contribution >= 0.6 is 0 Å². The first-order chi connectivity index (χ1) is 19.7. The lowest BCUT2D eigenvalue weighted by atomic mass is 9.87. The number of pyridine rings is 2. The number of fused-ring (bicyclic) bond motifs is 14. The van der Waals surface area contributed by atoms with Crippen molar-refractivity contribution in [2.75, 3.05) is 0 Å². The number of para-hydroxylation sites is 4. The zero-order valence-electron chi connectivity index (χ0n) is 20.8. The summed E-state index contributed by atoms with van der Waals surface area (Å²) in [5.74, 6) is 0. The zero-order chi connectivity index (χ0) is 26.3. The summed E-state index contributed by atoms with van der Waals surface area (Å²) < 4.78 is 3.49. The van der Waals surface area contributed by atoms with Crippen LogP contribution in [0.5, 0.6) is 0 Å². The molecule has 0 spiro atoms. The van der Waals surface area contributed by atoms with Crippen LogP contribution in [-0.4, -0.2) is 18.8 Å². The second-order valence-corrected chi connectivity index (χ2v) is 10.5. The van der Waals surface area contributed by atoms with E-state index in [-0.39, 0.29) is 11.1 Å². The van der Waals surface area contributed by atoms with Gasteiger partial charge in [-0.15, -0.1) is 0 Å². The van der Waals surface area contributed by atoms with Crippen molar-refractivity contribution in [2.24, 2.45) is 0 Å². The molecule has 4 heterocycles. The van der Waals surface area contributed by atoms with Crippen LogP contribution in [0, 0.1) is 0 Å². The van der Waals surface area contributed by atoms with Gasteiger partial charge in [0.15, 0.2) is 0 Å². The second-order valence-electron chi connectivity index (χ2n) is 10.5. The van der Waals surface area contributed by atoms with Crippen LogP contribution in [0.4, 0.5) is 0 Å². The highest BCUT2D eigenvalue weighted by Crippen LogP contribution is 2.45. The minimum absolute atomic E-state index is 0.133. The van der Waals surface area contributed by atoms with Crippen LogP contribution < -0.4 is 11.1 Å². The van der Waals surface area contributed by atoms with Gasteiger partial charge in [0.05, 0.1) is 32.8 Å². The monoisotopic (exact) mass is 512 g/mol. The molecule has 10 rings (SSSR count). The van der Waals surface area contributed by atoms with Crippen LogP contribution in [0.25, 0.3) is 87.2 Å². The molecule has 4 aromatic heterocycles. The van der Waals surface area contributed by atoms with Crippen LogP contribution in [0.2, 0.25) is 0 Å². The van der Waals surface area contributed by atoms with Gasteiger partial charge in [0, 0.05) is 21.5 Å². The Bertz CT molecular complexity index is 2670. The lowest BCUT2D eigenvalue weighted by Crippen LogP contribution is -2.17. The highest BCUT2D eigenvalue weighted by Gasteiger charge is 2.27. The van der Waals surface area contributed by atoms with E-state index >= 15 is 0 Å². The van der Waals surface area contributed by atoms with Gasteiger partial charge < -0.3 is 0 Å². The molecule has 10 aromatic rings. The Morgan fingerprint density at radius 3 is 1.18 bits per heavy atom. The molecular formula is C34H16N4O2. The highest BCUT2D eigenvalue weighted by molar-refractivity contribution is 6.43. The largest absolute Gasteiger partial charge is 0.268 e. The van der Waals surface area contributed by atoms with E-state index in [1.165, 1.54) is 0 Å². The molecule has 0 aliphatic rings. The Morgan fingerprint density at radius 2 is 0.750 bits per heavy atom. The summed E-state index contributed by atoms with van der Waals surface area (Å²) in [6, 6.07) is 31.4. The first-order valence-corrected chi connectivity index (χ1v) is 13.2. The maximum absolute atomic E-state index is 14.5. The predicted octanol–water partition coefficient (Wildman–Crippen LogP) is 6.65. The molecule has 0 aliphatic heterocycles. The van der Waals surface area contributed by atoms with Gasteiger partial charge >= 0.3 is 0 Å². The average Bonchev–Trinajstić information content (AvgIpc) is 3.57. The number of benzene rings is 6. The third kappa shape index (κ3) is 2.13. The third-order valence-electron chi connectivity index (χ3n) is 8.58. The maximum atomic E-state index is 14.5. The lowest BCUT2D eigenvalue weighted by Gasteiger charge is -2.18. The van der Waals surface area contributed by atoms with Crippen LogP contribution in [0.1, 0.15) is 0 Å². The third-order valence-corrected chi connectivity index (χ3v) is 8.58. The van der Waals surface area contributed by atoms with Gasteiger partial charge in [0.1, 0.15) is 11.3 Å². The van der Waals surface area contributed by atoms with E-state index in [1.54, 1.807) is 8.80 Å². The van der Waals surface area contributed by atoms with E-state index in [0.29, 0.717) is 22.1 Å². The Hall–Kier alpha value is -5.62. The van der Waals surface area contributed by atoms with Gasteiger partial charge in [-0.3, -0.25) is 18.4 Å². The molecule has 6 heteroatoms. The Morgan fingerprint density at radius 1 is 0.400 bits per heavy atom. The highest BCUT2D eigenvalue weighted by atomic mass is 16.1. The summed E-state index contributed by atoms with van der Waals surface area (Å²) in [5.41, 5.74) is 4.01. The summed E-state index contributed by atoms with van der Waals surface area (Å²) in [5, 5.41) is 8.00. The first-order valence-electron chi connectivity index (χ1n) is 13.2. The molecule has 0 amide bonds. The minimum Gasteiger partial charge on any atom is -0.268 e. The number of hydrogen-bond acceptors (Lipinski definition) is 4. The zero-order valence-corrected chi connectivity index (χ0v) is 20.8. The molecule has 0 N–H and O–H groups in total. The second kappa shape index (κ2) is 6.68. The van der Waals surface area contributed by atoms with Crippen molar-refractivity contribution in [3.63, 3.8) is 0 Å². The molecule has 184 valence electrons. The smallest absolute Gasteiger partial charge is 0.265 e. The summed E-state index contributed by atoms with van der Waals surface area (Å²) in [4.78, 5) is 39.1. The quantitative estimate of drug-likeness (QED) is 0.169. The van der Waals surface area contributed by atoms with E-state index in [4.69, 9.17) is 9.97 Å². The van der Waals surface area contributed by atoms with Gasteiger partial charge in [-0.1, -0.05) is 72.8 Å². The van der Waals surface area contributed by atoms with Crippen LogP contribution in [-0.2, 0) is 0 Å². The number of rotatable bonds is 0. The number of nitrogens with zero attached hydrogens (tertiary/aromatic N) is 4. The molecule has 0 bridgehead atoms. The summed E-state index contributed by atoms with van der Waals surface area (Å²) in [6.07, 6.45) is 0. The Labute approximate surface area is 223 Å². The van der Waals surface area contributed by atoms with Gasteiger partial charge in [-0.2, -0.15) is 0 Å². The Balaban J connectivity index is 1.72. The predicted molar refractivity (Wildman–Crippen MR) is 161 cm³/mol. The standard InChI is InChI=1S/C34H16N4O2/c39-33-27-19-11-3-4-12-20(19)28-30-26(32-36-22-14-6-8-16-24(22)38(32)34(28)40)18-10-2-1-9-17(18)25(29(27)30)31-35-21-13-5-7-15-23(21)37(31)33/h1-16H. The first kappa shape index (κ1) is 20.4. The number of aromatic nitrogens is 4. The number of imidazole rings is 2. The van der Waals surface area contributed by atoms with E-state index in [1.807, 2.05) is 84.9 Å². The van der Waals surface area contributed by atoms with Gasteiger partial charge in [0.25, 0.3) is 11.1 Å². The number of hydrogen-bond donors (Lipinski definition) is 0. The molecule has 0 unspecified atom stereocenters. The molecule has 6 nitrogen and oxygen atoms in total. The fourth-order valence-electron chi connectivity index (χ4n) is 7.06. The molecule has 0 fully saturated rings. The molecule has 0 saturated carbocycles. The van der Waals surface area contributed by atoms with Crippen molar-refractivity contribution < 1.29 is 0 Å². The fraction of sp³-hybridized carbons (Fsp3) is 0. The summed E-state index contributed by atoms with van der Waals surface area (Å²) in [7, 11) is 0. The SMILES string of the molecule is O=c1c2c3ccccc3c3c(=O)n4c5ccccc5nc4c4c5ccccc5c(c2c34)c2nc3ccccc3n12. The van der Waals surface area contributed by atoms with Crippen LogP contribution in [0.15, 0.2) is 107 Å². The van der Waals surface area contributed by atoms with Crippen molar-refractivity contribution in [1.82, 2.24) is 18.8 Å². The molecule has 6 aromatic carbocycles. The van der Waals surface area contributed by atoms with Crippen molar-refractivity contribution in [3.05, 3.63) is 118 Å². The van der Waals surface area contributed by atoms with Gasteiger partial charge in [-0.05, 0) is 45.8 Å². The van der Waals surface area contributed by atoms with E-state index in [9.17, 15) is 9.59 Å². The molecular weight excluding hydrogens is 496 g/mol. The van der Waals surface area contributed by atoms with E-state index < -0.39 is 0 Å². The molecule has 40 heavy (non-hydrogen) atoms. The fourth-order valence-corrected chi connectivity index (χ4v) is 7.06. The Kier molecular flexibility index (Phi) is 3.40.